The fourth-order valence-electron chi connectivity index (χ4n) is 3.52. The van der Waals surface area contributed by atoms with Crippen LogP contribution in [0, 0.1) is 11.7 Å². The van der Waals surface area contributed by atoms with Crippen LogP contribution in [-0.4, -0.2) is 43.2 Å². The van der Waals surface area contributed by atoms with Crippen molar-refractivity contribution in [2.45, 2.75) is 44.6 Å². The van der Waals surface area contributed by atoms with Gasteiger partial charge in [-0.25, -0.2) is 4.39 Å². The largest absolute Gasteiger partial charge is 0.488 e. The van der Waals surface area contributed by atoms with Crippen LogP contribution in [0.5, 0.6) is 5.75 Å². The van der Waals surface area contributed by atoms with E-state index in [4.69, 9.17) is 9.47 Å². The lowest BCUT2D eigenvalue weighted by molar-refractivity contribution is -0.130. The van der Waals surface area contributed by atoms with Crippen LogP contribution in [0.25, 0.3) is 0 Å². The molecule has 3 rings (SSSR count). The van der Waals surface area contributed by atoms with Gasteiger partial charge in [-0.3, -0.25) is 4.79 Å². The van der Waals surface area contributed by atoms with Crippen molar-refractivity contribution < 1.29 is 18.7 Å². The van der Waals surface area contributed by atoms with Crippen molar-refractivity contribution >= 4 is 5.91 Å². The Morgan fingerprint density at radius 1 is 1.29 bits per heavy atom. The van der Waals surface area contributed by atoms with E-state index >= 15 is 0 Å². The number of nitrogens with zero attached hydrogens (tertiary/aromatic N) is 1. The second kappa shape index (κ2) is 8.47. The molecule has 5 heteroatoms. The first kappa shape index (κ1) is 17.2. The summed E-state index contributed by atoms with van der Waals surface area (Å²) in [7, 11) is 0. The van der Waals surface area contributed by atoms with Gasteiger partial charge in [0.1, 0.15) is 17.7 Å². The van der Waals surface area contributed by atoms with Gasteiger partial charge in [0.2, 0.25) is 5.91 Å². The maximum absolute atomic E-state index is 13.2. The molecule has 1 aromatic carbocycles. The third-order valence-electron chi connectivity index (χ3n) is 4.94. The third kappa shape index (κ3) is 4.94. The summed E-state index contributed by atoms with van der Waals surface area (Å²) < 4.78 is 24.3. The smallest absolute Gasteiger partial charge is 0.222 e. The van der Waals surface area contributed by atoms with E-state index in [0.717, 1.165) is 51.9 Å². The van der Waals surface area contributed by atoms with Crippen LogP contribution in [0.4, 0.5) is 4.39 Å². The molecule has 2 aliphatic rings. The monoisotopic (exact) mass is 335 g/mol. The first-order valence-corrected chi connectivity index (χ1v) is 8.98. The Labute approximate surface area is 142 Å². The van der Waals surface area contributed by atoms with E-state index in [1.54, 1.807) is 12.1 Å². The minimum atomic E-state index is -0.299. The molecule has 1 aromatic rings. The van der Waals surface area contributed by atoms with Crippen LogP contribution in [0.2, 0.25) is 0 Å². The topological polar surface area (TPSA) is 38.8 Å². The molecule has 1 atom stereocenters. The molecule has 0 aromatic heterocycles. The van der Waals surface area contributed by atoms with Crippen molar-refractivity contribution in [3.63, 3.8) is 0 Å². The zero-order valence-electron chi connectivity index (χ0n) is 14.1. The number of ether oxygens (including phenoxy) is 2. The lowest BCUT2D eigenvalue weighted by Crippen LogP contribution is -2.30. The third-order valence-corrected chi connectivity index (χ3v) is 4.94. The number of amides is 1. The van der Waals surface area contributed by atoms with Gasteiger partial charge in [-0.2, -0.15) is 0 Å². The summed E-state index contributed by atoms with van der Waals surface area (Å²) in [5.74, 6) is 1.17. The van der Waals surface area contributed by atoms with E-state index in [1.165, 1.54) is 12.1 Å². The van der Waals surface area contributed by atoms with Crippen molar-refractivity contribution in [1.82, 2.24) is 4.90 Å². The van der Waals surface area contributed by atoms with E-state index in [-0.39, 0.29) is 17.8 Å². The Hall–Kier alpha value is -1.62. The lowest BCUT2D eigenvalue weighted by atomic mass is 9.94. The number of benzene rings is 1. The van der Waals surface area contributed by atoms with Crippen LogP contribution in [0.3, 0.4) is 0 Å². The zero-order valence-corrected chi connectivity index (χ0v) is 14.1. The number of likely N-dealkylation sites (tertiary alicyclic amines) is 1. The molecule has 2 aliphatic heterocycles. The second-order valence-electron chi connectivity index (χ2n) is 6.77. The summed E-state index contributed by atoms with van der Waals surface area (Å²) in [6.45, 7) is 3.07. The van der Waals surface area contributed by atoms with Gasteiger partial charge in [0, 0.05) is 38.7 Å². The predicted octanol–water partition coefficient (Wildman–Crippen LogP) is 3.40. The molecule has 24 heavy (non-hydrogen) atoms. The minimum absolute atomic E-state index is 0.0359. The van der Waals surface area contributed by atoms with E-state index in [2.05, 4.69) is 0 Å². The average Bonchev–Trinajstić information content (AvgIpc) is 3.04. The summed E-state index contributed by atoms with van der Waals surface area (Å²) >= 11 is 0. The minimum Gasteiger partial charge on any atom is -0.488 e. The highest BCUT2D eigenvalue weighted by atomic mass is 19.1. The van der Waals surface area contributed by atoms with Crippen LogP contribution < -0.4 is 4.74 Å². The van der Waals surface area contributed by atoms with E-state index in [1.807, 2.05) is 4.90 Å². The number of carbonyl (C=O) groups excluding carboxylic acids is 1. The van der Waals surface area contributed by atoms with Crippen LogP contribution in [0.15, 0.2) is 24.3 Å². The molecule has 0 N–H and O–H groups in total. The Morgan fingerprint density at radius 2 is 2.12 bits per heavy atom. The van der Waals surface area contributed by atoms with Crippen molar-refractivity contribution in [3.05, 3.63) is 30.1 Å². The summed E-state index contributed by atoms with van der Waals surface area (Å²) in [4.78, 5) is 14.2. The summed E-state index contributed by atoms with van der Waals surface area (Å²) in [5.41, 5.74) is 0. The van der Waals surface area contributed by atoms with Crippen molar-refractivity contribution in [3.8, 4) is 5.75 Å². The Morgan fingerprint density at radius 3 is 2.92 bits per heavy atom. The van der Waals surface area contributed by atoms with Gasteiger partial charge in [-0.05, 0) is 43.7 Å². The van der Waals surface area contributed by atoms with Crippen LogP contribution in [-0.2, 0) is 9.53 Å². The standard InChI is InChI=1S/C19H26FNO3/c20-16-4-2-5-17(13-16)24-18-7-10-21(14-18)19(22)6-1-3-15-8-11-23-12-9-15/h2,4-5,13,15,18H,1,3,6-12,14H2. The Bertz CT molecular complexity index is 545. The fraction of sp³-hybridized carbons (Fsp3) is 0.632. The molecule has 0 radical (unpaired) electrons. The van der Waals surface area contributed by atoms with Gasteiger partial charge in [-0.1, -0.05) is 6.07 Å². The van der Waals surface area contributed by atoms with Crippen LogP contribution >= 0.6 is 0 Å². The van der Waals surface area contributed by atoms with E-state index in [9.17, 15) is 9.18 Å². The first-order valence-electron chi connectivity index (χ1n) is 8.98. The predicted molar refractivity (Wildman–Crippen MR) is 89.4 cm³/mol. The molecule has 0 spiro atoms. The number of rotatable bonds is 6. The average molecular weight is 335 g/mol. The summed E-state index contributed by atoms with van der Waals surface area (Å²) in [6.07, 6.45) is 5.71. The molecule has 2 fully saturated rings. The molecule has 1 amide bonds. The van der Waals surface area contributed by atoms with Gasteiger partial charge in [-0.15, -0.1) is 0 Å². The molecule has 0 saturated carbocycles. The molecule has 132 valence electrons. The highest BCUT2D eigenvalue weighted by Crippen LogP contribution is 2.23. The summed E-state index contributed by atoms with van der Waals surface area (Å²) in [5, 5.41) is 0. The molecular formula is C19H26FNO3. The van der Waals surface area contributed by atoms with Crippen molar-refractivity contribution in [2.24, 2.45) is 5.92 Å². The molecule has 4 nitrogen and oxygen atoms in total. The van der Waals surface area contributed by atoms with Gasteiger partial charge in [0.15, 0.2) is 0 Å². The molecule has 0 bridgehead atoms. The molecule has 1 unspecified atom stereocenters. The number of halogens is 1. The molecule has 2 saturated heterocycles. The molecular weight excluding hydrogens is 309 g/mol. The number of hydrogen-bond donors (Lipinski definition) is 0. The Kier molecular flexibility index (Phi) is 6.07. The normalized spacial score (nSPS) is 21.9. The molecule has 2 heterocycles. The fourth-order valence-corrected chi connectivity index (χ4v) is 3.52. The highest BCUT2D eigenvalue weighted by molar-refractivity contribution is 5.76. The maximum Gasteiger partial charge on any atom is 0.222 e. The molecule has 0 aliphatic carbocycles. The SMILES string of the molecule is O=C(CCCC1CCOCC1)N1CCC(Oc2cccc(F)c2)C1. The van der Waals surface area contributed by atoms with Gasteiger partial charge < -0.3 is 14.4 Å². The quantitative estimate of drug-likeness (QED) is 0.800. The second-order valence-corrected chi connectivity index (χ2v) is 6.77. The van der Waals surface area contributed by atoms with Crippen molar-refractivity contribution in [1.29, 1.82) is 0 Å². The lowest BCUT2D eigenvalue weighted by Gasteiger charge is -2.22. The number of carbonyl (C=O) groups is 1. The van der Waals surface area contributed by atoms with Gasteiger partial charge >= 0.3 is 0 Å². The number of hydrogen-bond acceptors (Lipinski definition) is 3. The van der Waals surface area contributed by atoms with Gasteiger partial charge in [0.05, 0.1) is 6.54 Å². The first-order chi connectivity index (χ1) is 11.7. The maximum atomic E-state index is 13.2. The van der Waals surface area contributed by atoms with Crippen LogP contribution in [0.1, 0.15) is 38.5 Å². The summed E-state index contributed by atoms with van der Waals surface area (Å²) in [6, 6.07) is 6.18. The van der Waals surface area contributed by atoms with E-state index < -0.39 is 0 Å². The highest BCUT2D eigenvalue weighted by Gasteiger charge is 2.27. The Balaban J connectivity index is 1.37. The zero-order chi connectivity index (χ0) is 16.8. The van der Waals surface area contributed by atoms with E-state index in [0.29, 0.717) is 24.6 Å². The van der Waals surface area contributed by atoms with Crippen molar-refractivity contribution in [2.75, 3.05) is 26.3 Å². The van der Waals surface area contributed by atoms with Gasteiger partial charge in [0.25, 0.3) is 0 Å².